The van der Waals surface area contributed by atoms with Gasteiger partial charge >= 0.3 is 0 Å². The Morgan fingerprint density at radius 1 is 1.36 bits per heavy atom. The summed E-state index contributed by atoms with van der Waals surface area (Å²) in [6.45, 7) is 1.44. The highest BCUT2D eigenvalue weighted by molar-refractivity contribution is 5.81. The van der Waals surface area contributed by atoms with E-state index in [2.05, 4.69) is 4.98 Å². The number of nitrogens with zero attached hydrogens (tertiary/aromatic N) is 1. The molecule has 70 valence electrons. The van der Waals surface area contributed by atoms with Crippen molar-refractivity contribution in [1.29, 1.82) is 0 Å². The van der Waals surface area contributed by atoms with Gasteiger partial charge in [0.1, 0.15) is 0 Å². The molecule has 2 heteroatoms. The first kappa shape index (κ1) is 8.88. The number of rotatable bonds is 1. The highest BCUT2D eigenvalue weighted by atomic mass is 19.1. The Bertz CT molecular complexity index is 484. The van der Waals surface area contributed by atoms with Gasteiger partial charge in [-0.3, -0.25) is 4.98 Å². The molecule has 1 aromatic heterocycles. The first-order chi connectivity index (χ1) is 6.75. The number of halogens is 1. The van der Waals surface area contributed by atoms with Crippen LogP contribution in [0, 0.1) is 0 Å². The van der Waals surface area contributed by atoms with Gasteiger partial charge in [-0.2, -0.15) is 0 Å². The lowest BCUT2D eigenvalue weighted by molar-refractivity contribution is 0.648. The molecule has 0 atom stereocenters. The Morgan fingerprint density at radius 2 is 2.21 bits per heavy atom. The number of aromatic nitrogens is 1. The lowest BCUT2D eigenvalue weighted by Gasteiger charge is -1.98. The van der Waals surface area contributed by atoms with E-state index >= 15 is 0 Å². The minimum absolute atomic E-state index is 0.187. The second-order valence-electron chi connectivity index (χ2n) is 3.19. The summed E-state index contributed by atoms with van der Waals surface area (Å²) in [5.74, 6) is -0.187. The SMILES string of the molecule is C/C(F)=C/c1ccc2ncccc2c1. The minimum Gasteiger partial charge on any atom is -0.256 e. The molecule has 0 unspecified atom stereocenters. The highest BCUT2D eigenvalue weighted by Crippen LogP contribution is 2.15. The van der Waals surface area contributed by atoms with Crippen LogP contribution in [0.25, 0.3) is 17.0 Å². The van der Waals surface area contributed by atoms with E-state index < -0.39 is 0 Å². The van der Waals surface area contributed by atoms with E-state index in [-0.39, 0.29) is 5.83 Å². The summed E-state index contributed by atoms with van der Waals surface area (Å²) in [6, 6.07) is 9.51. The summed E-state index contributed by atoms with van der Waals surface area (Å²) in [4.78, 5) is 4.19. The summed E-state index contributed by atoms with van der Waals surface area (Å²) in [7, 11) is 0. The normalized spacial score (nSPS) is 12.0. The van der Waals surface area contributed by atoms with Gasteiger partial charge in [-0.1, -0.05) is 12.1 Å². The lowest BCUT2D eigenvalue weighted by atomic mass is 10.1. The smallest absolute Gasteiger partial charge is 0.0974 e. The number of pyridine rings is 1. The van der Waals surface area contributed by atoms with Crippen LogP contribution in [0.5, 0.6) is 0 Å². The van der Waals surface area contributed by atoms with Gasteiger partial charge in [-0.05, 0) is 36.8 Å². The highest BCUT2D eigenvalue weighted by Gasteiger charge is 1.94. The second-order valence-corrected chi connectivity index (χ2v) is 3.19. The van der Waals surface area contributed by atoms with Gasteiger partial charge in [-0.15, -0.1) is 0 Å². The summed E-state index contributed by atoms with van der Waals surface area (Å²) in [5.41, 5.74) is 1.80. The zero-order chi connectivity index (χ0) is 9.97. The molecule has 0 aliphatic heterocycles. The molecule has 0 spiro atoms. The van der Waals surface area contributed by atoms with Crippen molar-refractivity contribution in [2.24, 2.45) is 0 Å². The van der Waals surface area contributed by atoms with Crippen LogP contribution in [-0.4, -0.2) is 4.98 Å². The van der Waals surface area contributed by atoms with Crippen LogP contribution in [0.2, 0.25) is 0 Å². The van der Waals surface area contributed by atoms with E-state index in [0.717, 1.165) is 16.5 Å². The van der Waals surface area contributed by atoms with Crippen molar-refractivity contribution in [2.75, 3.05) is 0 Å². The van der Waals surface area contributed by atoms with Crippen molar-refractivity contribution in [2.45, 2.75) is 6.92 Å². The molecule has 2 rings (SSSR count). The predicted octanol–water partition coefficient (Wildman–Crippen LogP) is 3.57. The molecule has 0 N–H and O–H groups in total. The molecule has 0 bridgehead atoms. The molecule has 0 fully saturated rings. The molecule has 2 aromatic rings. The molecule has 0 amide bonds. The van der Waals surface area contributed by atoms with Crippen LogP contribution in [0.1, 0.15) is 12.5 Å². The zero-order valence-electron chi connectivity index (χ0n) is 7.87. The molecule has 1 aromatic carbocycles. The van der Waals surface area contributed by atoms with Crippen LogP contribution in [0.4, 0.5) is 4.39 Å². The van der Waals surface area contributed by atoms with E-state index in [0.29, 0.717) is 0 Å². The Hall–Kier alpha value is -1.70. The number of hydrogen-bond acceptors (Lipinski definition) is 1. The Kier molecular flexibility index (Phi) is 2.27. The zero-order valence-corrected chi connectivity index (χ0v) is 7.87. The number of hydrogen-bond donors (Lipinski definition) is 0. The molecule has 1 heterocycles. The summed E-state index contributed by atoms with van der Waals surface area (Å²) < 4.78 is 12.6. The average molecular weight is 187 g/mol. The molecule has 1 nitrogen and oxygen atoms in total. The molecule has 0 radical (unpaired) electrons. The quantitative estimate of drug-likeness (QED) is 0.665. The maximum absolute atomic E-state index is 12.6. The van der Waals surface area contributed by atoms with Gasteiger partial charge in [-0.25, -0.2) is 4.39 Å². The molecule has 0 saturated heterocycles. The van der Waals surface area contributed by atoms with Crippen LogP contribution < -0.4 is 0 Å². The summed E-state index contributed by atoms with van der Waals surface area (Å²) >= 11 is 0. The summed E-state index contributed by atoms with van der Waals surface area (Å²) in [5, 5.41) is 1.03. The Balaban J connectivity index is 2.57. The van der Waals surface area contributed by atoms with Gasteiger partial charge in [0.15, 0.2) is 0 Å². The van der Waals surface area contributed by atoms with Crippen LogP contribution in [0.3, 0.4) is 0 Å². The standard InChI is InChI=1S/C12H10FN/c1-9(13)7-10-4-5-12-11(8-10)3-2-6-14-12/h2-8H,1H3/b9-7-. The van der Waals surface area contributed by atoms with Gasteiger partial charge in [0.25, 0.3) is 0 Å². The Morgan fingerprint density at radius 3 is 3.00 bits per heavy atom. The molecule has 0 aliphatic rings. The van der Waals surface area contributed by atoms with Crippen molar-refractivity contribution in [3.63, 3.8) is 0 Å². The molecular formula is C12H10FN. The maximum atomic E-state index is 12.6. The van der Waals surface area contributed by atoms with E-state index in [9.17, 15) is 4.39 Å². The molecule has 14 heavy (non-hydrogen) atoms. The third-order valence-electron chi connectivity index (χ3n) is 1.99. The van der Waals surface area contributed by atoms with Gasteiger partial charge in [0, 0.05) is 11.6 Å². The lowest BCUT2D eigenvalue weighted by Crippen LogP contribution is -1.78. The van der Waals surface area contributed by atoms with E-state index in [4.69, 9.17) is 0 Å². The third-order valence-corrected chi connectivity index (χ3v) is 1.99. The van der Waals surface area contributed by atoms with Crippen LogP contribution in [0.15, 0.2) is 42.4 Å². The van der Waals surface area contributed by atoms with Crippen molar-refractivity contribution in [1.82, 2.24) is 4.98 Å². The van der Waals surface area contributed by atoms with Gasteiger partial charge in [0.2, 0.25) is 0 Å². The summed E-state index contributed by atoms with van der Waals surface area (Å²) in [6.07, 6.45) is 3.25. The maximum Gasteiger partial charge on any atom is 0.0974 e. The number of fused-ring (bicyclic) bond motifs is 1. The van der Waals surface area contributed by atoms with E-state index in [1.165, 1.54) is 13.0 Å². The van der Waals surface area contributed by atoms with E-state index in [1.807, 2.05) is 30.3 Å². The first-order valence-electron chi connectivity index (χ1n) is 4.44. The largest absolute Gasteiger partial charge is 0.256 e. The Labute approximate surface area is 81.9 Å². The van der Waals surface area contributed by atoms with Crippen molar-refractivity contribution in [3.05, 3.63) is 47.9 Å². The molecule has 0 saturated carbocycles. The van der Waals surface area contributed by atoms with E-state index in [1.54, 1.807) is 6.20 Å². The van der Waals surface area contributed by atoms with Crippen molar-refractivity contribution < 1.29 is 4.39 Å². The fourth-order valence-corrected chi connectivity index (χ4v) is 1.41. The van der Waals surface area contributed by atoms with Crippen molar-refractivity contribution >= 4 is 17.0 Å². The third kappa shape index (κ3) is 1.79. The van der Waals surface area contributed by atoms with Gasteiger partial charge in [0.05, 0.1) is 11.3 Å². The van der Waals surface area contributed by atoms with Crippen LogP contribution in [-0.2, 0) is 0 Å². The fourth-order valence-electron chi connectivity index (χ4n) is 1.41. The number of benzene rings is 1. The average Bonchev–Trinajstić information content (AvgIpc) is 2.17. The van der Waals surface area contributed by atoms with Gasteiger partial charge < -0.3 is 0 Å². The monoisotopic (exact) mass is 187 g/mol. The topological polar surface area (TPSA) is 12.9 Å². The van der Waals surface area contributed by atoms with Crippen LogP contribution >= 0.6 is 0 Å². The first-order valence-corrected chi connectivity index (χ1v) is 4.44. The van der Waals surface area contributed by atoms with Crippen molar-refractivity contribution in [3.8, 4) is 0 Å². The minimum atomic E-state index is -0.187. The predicted molar refractivity (Wildman–Crippen MR) is 56.5 cm³/mol. The fraction of sp³-hybridized carbons (Fsp3) is 0.0833. The molecule has 0 aliphatic carbocycles. The molecular weight excluding hydrogens is 177 g/mol. The number of allylic oxidation sites excluding steroid dienone is 1. The second kappa shape index (κ2) is 3.58.